The molecule has 0 fully saturated rings. The van der Waals surface area contributed by atoms with Gasteiger partial charge in [-0.25, -0.2) is 9.67 Å². The van der Waals surface area contributed by atoms with Crippen LogP contribution >= 0.6 is 0 Å². The Bertz CT molecular complexity index is 807. The number of carbonyl (C=O) groups excluding carboxylic acids is 1. The maximum atomic E-state index is 12.5. The number of nitrogens with two attached hydrogens (primary N) is 1. The molecule has 1 heterocycles. The van der Waals surface area contributed by atoms with Crippen LogP contribution in [0.15, 0.2) is 42.7 Å². The van der Waals surface area contributed by atoms with Crippen molar-refractivity contribution >= 4 is 22.2 Å². The second kappa shape index (κ2) is 5.36. The molecular weight excluding hydrogens is 264 g/mol. The van der Waals surface area contributed by atoms with Gasteiger partial charge >= 0.3 is 0 Å². The first-order chi connectivity index (χ1) is 10.2. The normalized spacial score (nSPS) is 10.9. The molecule has 0 radical (unpaired) electrons. The van der Waals surface area contributed by atoms with Gasteiger partial charge in [-0.2, -0.15) is 5.10 Å². The highest BCUT2D eigenvalue weighted by molar-refractivity contribution is 6.05. The third-order valence-corrected chi connectivity index (χ3v) is 3.53. The standard InChI is InChI=1S/C16H16N4O/c1-2-20-16(18-10-19-20)9-15(21)13-7-11-5-3-4-6-12(11)8-14(13)17/h3-8,10H,2,9,17H2,1H3. The Kier molecular flexibility index (Phi) is 3.39. The summed E-state index contributed by atoms with van der Waals surface area (Å²) in [6, 6.07) is 11.5. The fraction of sp³-hybridized carbons (Fsp3) is 0.188. The minimum Gasteiger partial charge on any atom is -0.398 e. The van der Waals surface area contributed by atoms with Crippen molar-refractivity contribution in [3.8, 4) is 0 Å². The molecule has 0 atom stereocenters. The Morgan fingerprint density at radius 3 is 2.67 bits per heavy atom. The van der Waals surface area contributed by atoms with Crippen molar-refractivity contribution in [2.45, 2.75) is 19.9 Å². The Morgan fingerprint density at radius 2 is 1.95 bits per heavy atom. The minimum atomic E-state index is -0.0408. The van der Waals surface area contributed by atoms with Crippen LogP contribution in [0, 0.1) is 0 Å². The molecule has 5 heteroatoms. The fourth-order valence-corrected chi connectivity index (χ4v) is 2.43. The third kappa shape index (κ3) is 2.50. The fourth-order valence-electron chi connectivity index (χ4n) is 2.43. The number of hydrogen-bond donors (Lipinski definition) is 1. The first-order valence-corrected chi connectivity index (χ1v) is 6.87. The van der Waals surface area contributed by atoms with Gasteiger partial charge in [0.25, 0.3) is 0 Å². The van der Waals surface area contributed by atoms with E-state index in [0.717, 1.165) is 10.8 Å². The maximum Gasteiger partial charge on any atom is 0.172 e. The number of nitrogen functional groups attached to an aromatic ring is 1. The number of Topliss-reactive ketones (excluding diaryl/α,β-unsaturated/α-hetero) is 1. The molecule has 1 aromatic heterocycles. The van der Waals surface area contributed by atoms with Crippen LogP contribution < -0.4 is 5.73 Å². The Hall–Kier alpha value is -2.69. The summed E-state index contributed by atoms with van der Waals surface area (Å²) in [5.74, 6) is 0.621. The van der Waals surface area contributed by atoms with Crippen LogP contribution in [0.5, 0.6) is 0 Å². The van der Waals surface area contributed by atoms with Gasteiger partial charge in [-0.05, 0) is 29.8 Å². The second-order valence-corrected chi connectivity index (χ2v) is 4.88. The largest absolute Gasteiger partial charge is 0.398 e. The van der Waals surface area contributed by atoms with Gasteiger partial charge in [-0.15, -0.1) is 0 Å². The Morgan fingerprint density at radius 1 is 1.24 bits per heavy atom. The van der Waals surface area contributed by atoms with E-state index in [9.17, 15) is 4.79 Å². The SMILES string of the molecule is CCn1ncnc1CC(=O)c1cc2ccccc2cc1N. The quantitative estimate of drug-likeness (QED) is 0.588. The van der Waals surface area contributed by atoms with E-state index < -0.39 is 0 Å². The van der Waals surface area contributed by atoms with E-state index in [1.165, 1.54) is 6.33 Å². The predicted octanol–water partition coefficient (Wildman–Crippen LogP) is 2.46. The van der Waals surface area contributed by atoms with Crippen LogP contribution in [0.4, 0.5) is 5.69 Å². The van der Waals surface area contributed by atoms with E-state index in [-0.39, 0.29) is 12.2 Å². The van der Waals surface area contributed by atoms with Crippen LogP contribution in [-0.4, -0.2) is 20.5 Å². The highest BCUT2D eigenvalue weighted by Gasteiger charge is 2.15. The number of anilines is 1. The van der Waals surface area contributed by atoms with Gasteiger partial charge in [0.05, 0.1) is 6.42 Å². The van der Waals surface area contributed by atoms with Gasteiger partial charge in [0.2, 0.25) is 0 Å². The third-order valence-electron chi connectivity index (χ3n) is 3.53. The number of carbonyl (C=O) groups is 1. The van der Waals surface area contributed by atoms with Crippen LogP contribution in [-0.2, 0) is 13.0 Å². The summed E-state index contributed by atoms with van der Waals surface area (Å²) >= 11 is 0. The number of benzene rings is 2. The molecular formula is C16H16N4O. The molecule has 2 aromatic carbocycles. The molecule has 0 amide bonds. The molecule has 0 aliphatic carbocycles. The molecule has 3 aromatic rings. The van der Waals surface area contributed by atoms with Crippen LogP contribution in [0.25, 0.3) is 10.8 Å². The summed E-state index contributed by atoms with van der Waals surface area (Å²) in [5.41, 5.74) is 7.07. The van der Waals surface area contributed by atoms with Gasteiger partial charge in [0, 0.05) is 17.8 Å². The van der Waals surface area contributed by atoms with Gasteiger partial charge in [-0.1, -0.05) is 24.3 Å². The summed E-state index contributed by atoms with van der Waals surface area (Å²) < 4.78 is 1.72. The lowest BCUT2D eigenvalue weighted by Gasteiger charge is -2.07. The number of aryl methyl sites for hydroxylation is 1. The number of aromatic nitrogens is 3. The molecule has 2 N–H and O–H groups in total. The molecule has 0 bridgehead atoms. The predicted molar refractivity (Wildman–Crippen MR) is 82.1 cm³/mol. The topological polar surface area (TPSA) is 73.8 Å². The number of rotatable bonds is 4. The summed E-state index contributed by atoms with van der Waals surface area (Å²) in [5, 5.41) is 6.11. The van der Waals surface area contributed by atoms with Gasteiger partial charge in [-0.3, -0.25) is 4.79 Å². The summed E-state index contributed by atoms with van der Waals surface area (Å²) in [6.45, 7) is 2.66. The van der Waals surface area contributed by atoms with Gasteiger partial charge in [0.15, 0.2) is 5.78 Å². The summed E-state index contributed by atoms with van der Waals surface area (Å²) in [7, 11) is 0. The molecule has 0 aliphatic rings. The number of hydrogen-bond acceptors (Lipinski definition) is 4. The lowest BCUT2D eigenvalue weighted by atomic mass is 10.0. The number of ketones is 1. The van der Waals surface area contributed by atoms with Gasteiger partial charge < -0.3 is 5.73 Å². The van der Waals surface area contributed by atoms with Crippen LogP contribution in [0.1, 0.15) is 23.1 Å². The smallest absolute Gasteiger partial charge is 0.172 e. The van der Waals surface area contributed by atoms with E-state index in [0.29, 0.717) is 23.6 Å². The molecule has 0 unspecified atom stereocenters. The van der Waals surface area contributed by atoms with Crippen molar-refractivity contribution in [3.63, 3.8) is 0 Å². The van der Waals surface area contributed by atoms with Crippen molar-refractivity contribution in [3.05, 3.63) is 54.1 Å². The molecule has 0 spiro atoms. The lowest BCUT2D eigenvalue weighted by molar-refractivity contribution is 0.0990. The first kappa shape index (κ1) is 13.3. The molecule has 3 rings (SSSR count). The highest BCUT2D eigenvalue weighted by Crippen LogP contribution is 2.23. The average Bonchev–Trinajstić information content (AvgIpc) is 2.93. The van der Waals surface area contributed by atoms with Gasteiger partial charge in [0.1, 0.15) is 12.2 Å². The minimum absolute atomic E-state index is 0.0408. The Labute approximate surface area is 122 Å². The first-order valence-electron chi connectivity index (χ1n) is 6.87. The molecule has 0 saturated heterocycles. The van der Waals surface area contributed by atoms with E-state index in [1.807, 2.05) is 43.3 Å². The Balaban J connectivity index is 1.96. The number of fused-ring (bicyclic) bond motifs is 1. The van der Waals surface area contributed by atoms with Crippen molar-refractivity contribution in [2.24, 2.45) is 0 Å². The monoisotopic (exact) mass is 280 g/mol. The summed E-state index contributed by atoms with van der Waals surface area (Å²) in [6.07, 6.45) is 1.67. The maximum absolute atomic E-state index is 12.5. The van der Waals surface area contributed by atoms with E-state index in [1.54, 1.807) is 4.68 Å². The van der Waals surface area contributed by atoms with Crippen LogP contribution in [0.3, 0.4) is 0 Å². The van der Waals surface area contributed by atoms with Crippen molar-refractivity contribution in [1.82, 2.24) is 14.8 Å². The molecule has 106 valence electrons. The summed E-state index contributed by atoms with van der Waals surface area (Å²) in [4.78, 5) is 16.6. The molecule has 21 heavy (non-hydrogen) atoms. The van der Waals surface area contributed by atoms with Crippen molar-refractivity contribution < 1.29 is 4.79 Å². The van der Waals surface area contributed by atoms with Crippen molar-refractivity contribution in [2.75, 3.05) is 5.73 Å². The number of nitrogens with zero attached hydrogens (tertiary/aromatic N) is 3. The zero-order chi connectivity index (χ0) is 14.8. The molecule has 0 saturated carbocycles. The molecule has 0 aliphatic heterocycles. The van der Waals surface area contributed by atoms with E-state index in [4.69, 9.17) is 5.73 Å². The lowest BCUT2D eigenvalue weighted by Crippen LogP contribution is -2.12. The van der Waals surface area contributed by atoms with Crippen LogP contribution in [0.2, 0.25) is 0 Å². The van der Waals surface area contributed by atoms with E-state index >= 15 is 0 Å². The zero-order valence-electron chi connectivity index (χ0n) is 11.8. The highest BCUT2D eigenvalue weighted by atomic mass is 16.1. The average molecular weight is 280 g/mol. The molecule has 5 nitrogen and oxygen atoms in total. The van der Waals surface area contributed by atoms with Crippen molar-refractivity contribution in [1.29, 1.82) is 0 Å². The second-order valence-electron chi connectivity index (χ2n) is 4.88. The van der Waals surface area contributed by atoms with E-state index in [2.05, 4.69) is 10.1 Å². The zero-order valence-corrected chi connectivity index (χ0v) is 11.8.